The van der Waals surface area contributed by atoms with Crippen LogP contribution in [0, 0.1) is 5.92 Å². The Balaban J connectivity index is 1.88. The van der Waals surface area contributed by atoms with E-state index < -0.39 is 0 Å². The first-order valence-electron chi connectivity index (χ1n) is 6.26. The first kappa shape index (κ1) is 11.6. The first-order valence-corrected chi connectivity index (χ1v) is 6.26. The number of nitrogens with one attached hydrogen (secondary N) is 2. The summed E-state index contributed by atoms with van der Waals surface area (Å²) < 4.78 is 0. The van der Waals surface area contributed by atoms with Gasteiger partial charge in [-0.1, -0.05) is 19.8 Å². The molecule has 1 heterocycles. The van der Waals surface area contributed by atoms with E-state index in [1.807, 2.05) is 0 Å². The van der Waals surface area contributed by atoms with Gasteiger partial charge in [0, 0.05) is 12.5 Å². The minimum atomic E-state index is -0.164. The van der Waals surface area contributed by atoms with Gasteiger partial charge in [0.15, 0.2) is 0 Å². The molecule has 3 unspecified atom stereocenters. The van der Waals surface area contributed by atoms with Crippen molar-refractivity contribution in [2.75, 3.05) is 0 Å². The number of hydrogen-bond donors (Lipinski definition) is 2. The summed E-state index contributed by atoms with van der Waals surface area (Å²) in [6.07, 6.45) is 6.05. The Bertz CT molecular complexity index is 291. The fraction of sp³-hybridized carbons (Fsp3) is 0.833. The highest BCUT2D eigenvalue weighted by Crippen LogP contribution is 2.24. The fourth-order valence-corrected chi connectivity index (χ4v) is 2.67. The predicted octanol–water partition coefficient (Wildman–Crippen LogP) is 0.960. The molecular weight excluding hydrogens is 204 g/mol. The zero-order chi connectivity index (χ0) is 11.5. The maximum atomic E-state index is 11.6. The molecule has 2 amide bonds. The molecule has 1 saturated heterocycles. The van der Waals surface area contributed by atoms with Gasteiger partial charge in [-0.3, -0.25) is 14.9 Å². The van der Waals surface area contributed by atoms with Crippen molar-refractivity contribution in [2.24, 2.45) is 5.92 Å². The molecule has 16 heavy (non-hydrogen) atoms. The van der Waals surface area contributed by atoms with Gasteiger partial charge in [0.2, 0.25) is 11.8 Å². The molecular formula is C12H20N2O2. The Morgan fingerprint density at radius 2 is 1.94 bits per heavy atom. The Kier molecular flexibility index (Phi) is 3.59. The molecule has 0 radical (unpaired) electrons. The molecule has 4 nitrogen and oxygen atoms in total. The van der Waals surface area contributed by atoms with Crippen molar-refractivity contribution >= 4 is 11.8 Å². The van der Waals surface area contributed by atoms with Crippen molar-refractivity contribution in [1.82, 2.24) is 10.6 Å². The summed E-state index contributed by atoms with van der Waals surface area (Å²) in [5, 5.41) is 5.81. The van der Waals surface area contributed by atoms with E-state index in [4.69, 9.17) is 0 Å². The van der Waals surface area contributed by atoms with Gasteiger partial charge < -0.3 is 5.32 Å². The molecule has 0 aromatic carbocycles. The van der Waals surface area contributed by atoms with Crippen LogP contribution < -0.4 is 10.6 Å². The highest BCUT2D eigenvalue weighted by Gasteiger charge is 2.30. The maximum Gasteiger partial charge on any atom is 0.243 e. The quantitative estimate of drug-likeness (QED) is 0.687. The molecule has 2 aliphatic rings. The summed E-state index contributed by atoms with van der Waals surface area (Å²) in [5.41, 5.74) is 0. The minimum absolute atomic E-state index is 0.139. The SMILES string of the molecule is CC1CCCCC1NC1CCC(=O)NC1=O. The standard InChI is InChI=1S/C12H20N2O2/c1-8-4-2-3-5-9(8)13-10-6-7-11(15)14-12(10)16/h8-10,13H,2-7H2,1H3,(H,14,15,16). The van der Waals surface area contributed by atoms with Gasteiger partial charge in [-0.15, -0.1) is 0 Å². The topological polar surface area (TPSA) is 58.2 Å². The highest BCUT2D eigenvalue weighted by atomic mass is 16.2. The Labute approximate surface area is 96.2 Å². The van der Waals surface area contributed by atoms with Crippen LogP contribution in [-0.4, -0.2) is 23.9 Å². The summed E-state index contributed by atoms with van der Waals surface area (Å²) in [7, 11) is 0. The van der Waals surface area contributed by atoms with Crippen molar-refractivity contribution in [3.8, 4) is 0 Å². The van der Waals surface area contributed by atoms with E-state index >= 15 is 0 Å². The van der Waals surface area contributed by atoms with Crippen LogP contribution in [0.15, 0.2) is 0 Å². The van der Waals surface area contributed by atoms with E-state index in [9.17, 15) is 9.59 Å². The van der Waals surface area contributed by atoms with Crippen LogP contribution >= 0.6 is 0 Å². The monoisotopic (exact) mass is 224 g/mol. The second-order valence-electron chi connectivity index (χ2n) is 5.04. The third-order valence-corrected chi connectivity index (χ3v) is 3.77. The lowest BCUT2D eigenvalue weighted by Crippen LogP contribution is -2.55. The average Bonchev–Trinajstić information content (AvgIpc) is 2.25. The zero-order valence-corrected chi connectivity index (χ0v) is 9.79. The molecule has 0 spiro atoms. The van der Waals surface area contributed by atoms with Crippen LogP contribution in [0.3, 0.4) is 0 Å². The largest absolute Gasteiger partial charge is 0.303 e. The van der Waals surface area contributed by atoms with Gasteiger partial charge in [0.25, 0.3) is 0 Å². The molecule has 0 aromatic heterocycles. The number of carbonyl (C=O) groups excluding carboxylic acids is 2. The molecule has 1 aliphatic carbocycles. The molecule has 90 valence electrons. The van der Waals surface area contributed by atoms with E-state index in [2.05, 4.69) is 17.6 Å². The third-order valence-electron chi connectivity index (χ3n) is 3.77. The van der Waals surface area contributed by atoms with Gasteiger partial charge in [0.05, 0.1) is 6.04 Å². The molecule has 0 bridgehead atoms. The number of hydrogen-bond acceptors (Lipinski definition) is 3. The van der Waals surface area contributed by atoms with Gasteiger partial charge >= 0.3 is 0 Å². The number of rotatable bonds is 2. The van der Waals surface area contributed by atoms with E-state index in [-0.39, 0.29) is 17.9 Å². The summed E-state index contributed by atoms with van der Waals surface area (Å²) in [6.45, 7) is 2.24. The average molecular weight is 224 g/mol. The number of amides is 2. The van der Waals surface area contributed by atoms with Crippen molar-refractivity contribution in [1.29, 1.82) is 0 Å². The number of piperidine rings is 1. The lowest BCUT2D eigenvalue weighted by Gasteiger charge is -2.33. The van der Waals surface area contributed by atoms with Crippen molar-refractivity contribution in [3.05, 3.63) is 0 Å². The normalized spacial score (nSPS) is 35.9. The van der Waals surface area contributed by atoms with Gasteiger partial charge in [-0.25, -0.2) is 0 Å². The van der Waals surface area contributed by atoms with Crippen LogP contribution in [0.4, 0.5) is 0 Å². The molecule has 0 aromatic rings. The van der Waals surface area contributed by atoms with Crippen molar-refractivity contribution in [3.63, 3.8) is 0 Å². The van der Waals surface area contributed by atoms with E-state index in [1.165, 1.54) is 19.3 Å². The summed E-state index contributed by atoms with van der Waals surface area (Å²) in [5.74, 6) is 0.355. The minimum Gasteiger partial charge on any atom is -0.303 e. The van der Waals surface area contributed by atoms with E-state index in [0.29, 0.717) is 24.8 Å². The summed E-state index contributed by atoms with van der Waals surface area (Å²) in [6, 6.07) is 0.279. The summed E-state index contributed by atoms with van der Waals surface area (Å²) in [4.78, 5) is 22.6. The molecule has 1 saturated carbocycles. The molecule has 3 atom stereocenters. The third kappa shape index (κ3) is 2.61. The van der Waals surface area contributed by atoms with Gasteiger partial charge in [-0.05, 0) is 25.2 Å². The lowest BCUT2D eigenvalue weighted by atomic mass is 9.85. The molecule has 4 heteroatoms. The van der Waals surface area contributed by atoms with Crippen molar-refractivity contribution in [2.45, 2.75) is 57.5 Å². The highest BCUT2D eigenvalue weighted by molar-refractivity contribution is 6.00. The van der Waals surface area contributed by atoms with E-state index in [1.54, 1.807) is 0 Å². The van der Waals surface area contributed by atoms with E-state index in [0.717, 1.165) is 6.42 Å². The van der Waals surface area contributed by atoms with Crippen LogP contribution in [0.25, 0.3) is 0 Å². The molecule has 2 N–H and O–H groups in total. The first-order chi connectivity index (χ1) is 7.66. The summed E-state index contributed by atoms with van der Waals surface area (Å²) >= 11 is 0. The van der Waals surface area contributed by atoms with Gasteiger partial charge in [0.1, 0.15) is 0 Å². The Hall–Kier alpha value is -0.900. The second-order valence-corrected chi connectivity index (χ2v) is 5.04. The predicted molar refractivity (Wildman–Crippen MR) is 60.7 cm³/mol. The second kappa shape index (κ2) is 4.95. The lowest BCUT2D eigenvalue weighted by molar-refractivity contribution is -0.135. The van der Waals surface area contributed by atoms with Gasteiger partial charge in [-0.2, -0.15) is 0 Å². The molecule has 2 rings (SSSR count). The fourth-order valence-electron chi connectivity index (χ4n) is 2.67. The smallest absolute Gasteiger partial charge is 0.243 e. The Morgan fingerprint density at radius 3 is 2.62 bits per heavy atom. The molecule has 1 aliphatic heterocycles. The van der Waals surface area contributed by atoms with Crippen molar-refractivity contribution < 1.29 is 9.59 Å². The Morgan fingerprint density at radius 1 is 1.19 bits per heavy atom. The van der Waals surface area contributed by atoms with Crippen LogP contribution in [0.5, 0.6) is 0 Å². The zero-order valence-electron chi connectivity index (χ0n) is 9.79. The maximum absolute atomic E-state index is 11.6. The van der Waals surface area contributed by atoms with Crippen LogP contribution in [0.1, 0.15) is 45.4 Å². The number of imide groups is 1. The van der Waals surface area contributed by atoms with Crippen LogP contribution in [-0.2, 0) is 9.59 Å². The molecule has 2 fully saturated rings. The van der Waals surface area contributed by atoms with Crippen LogP contribution in [0.2, 0.25) is 0 Å². The number of carbonyl (C=O) groups is 2.